The lowest BCUT2D eigenvalue weighted by Gasteiger charge is -2.08. The molecule has 1 amide bonds. The van der Waals surface area contributed by atoms with Crippen LogP contribution in [0.2, 0.25) is 5.02 Å². The van der Waals surface area contributed by atoms with Crippen molar-refractivity contribution >= 4 is 43.5 Å². The molecule has 0 aliphatic rings. The van der Waals surface area contributed by atoms with Crippen LogP contribution in [-0.4, -0.2) is 42.4 Å². The number of carbonyl (C=O) groups excluding carboxylic acids is 1. The molecular formula is C18H17BrClN5O3S. The highest BCUT2D eigenvalue weighted by Crippen LogP contribution is 2.17. The van der Waals surface area contributed by atoms with Gasteiger partial charge in [0.05, 0.1) is 16.3 Å². The molecule has 3 rings (SSSR count). The van der Waals surface area contributed by atoms with Crippen molar-refractivity contribution in [2.45, 2.75) is 11.8 Å². The fourth-order valence-electron chi connectivity index (χ4n) is 2.55. The second-order valence-corrected chi connectivity index (χ2v) is 9.15. The molecule has 0 unspecified atom stereocenters. The Hall–Kier alpha value is -2.27. The Kier molecular flexibility index (Phi) is 6.68. The van der Waals surface area contributed by atoms with Gasteiger partial charge in [-0.05, 0) is 43.3 Å². The van der Waals surface area contributed by atoms with Gasteiger partial charge in [-0.25, -0.2) is 17.8 Å². The molecule has 0 spiro atoms. The molecule has 11 heteroatoms. The average Bonchev–Trinajstić information content (AvgIpc) is 3.06. The smallest absolute Gasteiger partial charge is 0.273 e. The number of aromatic nitrogens is 3. The summed E-state index contributed by atoms with van der Waals surface area (Å²) in [6.45, 7) is 1.83. The van der Waals surface area contributed by atoms with E-state index in [4.69, 9.17) is 11.6 Å². The lowest BCUT2D eigenvalue weighted by Crippen LogP contribution is -2.35. The van der Waals surface area contributed by atoms with E-state index in [0.717, 1.165) is 10.2 Å². The summed E-state index contributed by atoms with van der Waals surface area (Å²) >= 11 is 9.22. The third kappa shape index (κ3) is 5.21. The van der Waals surface area contributed by atoms with Gasteiger partial charge < -0.3 is 5.32 Å². The summed E-state index contributed by atoms with van der Waals surface area (Å²) in [5.74, 6) is -0.439. The van der Waals surface area contributed by atoms with E-state index >= 15 is 0 Å². The predicted molar refractivity (Wildman–Crippen MR) is 113 cm³/mol. The van der Waals surface area contributed by atoms with Crippen molar-refractivity contribution in [2.24, 2.45) is 0 Å². The van der Waals surface area contributed by atoms with Crippen LogP contribution in [-0.2, 0) is 10.0 Å². The van der Waals surface area contributed by atoms with Crippen molar-refractivity contribution in [2.75, 3.05) is 13.1 Å². The van der Waals surface area contributed by atoms with E-state index in [-0.39, 0.29) is 23.7 Å². The molecule has 29 heavy (non-hydrogen) atoms. The molecule has 0 radical (unpaired) electrons. The molecule has 0 atom stereocenters. The molecule has 0 saturated carbocycles. The minimum atomic E-state index is -3.71. The van der Waals surface area contributed by atoms with Crippen LogP contribution in [0.1, 0.15) is 16.2 Å². The van der Waals surface area contributed by atoms with E-state index in [9.17, 15) is 13.2 Å². The van der Waals surface area contributed by atoms with Gasteiger partial charge in [0.25, 0.3) is 5.91 Å². The Morgan fingerprint density at radius 2 is 1.93 bits per heavy atom. The Bertz CT molecular complexity index is 1150. The highest BCUT2D eigenvalue weighted by atomic mass is 79.9. The van der Waals surface area contributed by atoms with Crippen molar-refractivity contribution in [3.8, 4) is 5.69 Å². The SMILES string of the molecule is Cc1c(C(=O)NCCNS(=O)(=O)c2cccc(Cl)c2)nnn1-c1cccc(Br)c1. The van der Waals surface area contributed by atoms with Crippen LogP contribution in [0.4, 0.5) is 0 Å². The van der Waals surface area contributed by atoms with E-state index in [1.54, 1.807) is 23.7 Å². The molecule has 0 fully saturated rings. The zero-order chi connectivity index (χ0) is 21.0. The second kappa shape index (κ2) is 9.04. The van der Waals surface area contributed by atoms with E-state index in [1.165, 1.54) is 12.1 Å². The summed E-state index contributed by atoms with van der Waals surface area (Å²) in [5, 5.41) is 10.9. The molecule has 0 saturated heterocycles. The minimum Gasteiger partial charge on any atom is -0.349 e. The Morgan fingerprint density at radius 1 is 1.17 bits per heavy atom. The van der Waals surface area contributed by atoms with Gasteiger partial charge in [-0.2, -0.15) is 0 Å². The molecule has 1 aromatic heterocycles. The number of hydrogen-bond donors (Lipinski definition) is 2. The molecule has 152 valence electrons. The lowest BCUT2D eigenvalue weighted by atomic mass is 10.3. The van der Waals surface area contributed by atoms with Crippen LogP contribution >= 0.6 is 27.5 Å². The normalized spacial score (nSPS) is 11.4. The van der Waals surface area contributed by atoms with Gasteiger partial charge in [-0.1, -0.05) is 44.9 Å². The maximum atomic E-state index is 12.4. The van der Waals surface area contributed by atoms with Gasteiger partial charge in [-0.3, -0.25) is 4.79 Å². The molecule has 2 N–H and O–H groups in total. The number of carbonyl (C=O) groups is 1. The quantitative estimate of drug-likeness (QED) is 0.487. The van der Waals surface area contributed by atoms with Gasteiger partial charge in [0.2, 0.25) is 10.0 Å². The summed E-state index contributed by atoms with van der Waals surface area (Å²) in [4.78, 5) is 12.4. The van der Waals surface area contributed by atoms with E-state index in [2.05, 4.69) is 36.3 Å². The molecule has 1 heterocycles. The first kappa shape index (κ1) is 21.4. The Labute approximate surface area is 181 Å². The van der Waals surface area contributed by atoms with E-state index in [0.29, 0.717) is 10.7 Å². The molecule has 0 aliphatic heterocycles. The number of rotatable bonds is 7. The first-order valence-corrected chi connectivity index (χ1v) is 11.1. The fourth-order valence-corrected chi connectivity index (χ4v) is 4.27. The highest BCUT2D eigenvalue weighted by molar-refractivity contribution is 9.10. The largest absolute Gasteiger partial charge is 0.349 e. The fraction of sp³-hybridized carbons (Fsp3) is 0.167. The van der Waals surface area contributed by atoms with Gasteiger partial charge in [0.15, 0.2) is 5.69 Å². The van der Waals surface area contributed by atoms with Crippen LogP contribution < -0.4 is 10.0 Å². The minimum absolute atomic E-state index is 0.0133. The van der Waals surface area contributed by atoms with Crippen LogP contribution in [0.25, 0.3) is 5.69 Å². The zero-order valence-electron chi connectivity index (χ0n) is 15.3. The first-order valence-electron chi connectivity index (χ1n) is 8.49. The first-order chi connectivity index (χ1) is 13.8. The van der Waals surface area contributed by atoms with Gasteiger partial charge in [0, 0.05) is 22.6 Å². The average molecular weight is 499 g/mol. The van der Waals surface area contributed by atoms with Crippen molar-refractivity contribution in [1.29, 1.82) is 0 Å². The van der Waals surface area contributed by atoms with E-state index in [1.807, 2.05) is 24.3 Å². The molecular weight excluding hydrogens is 482 g/mol. The molecule has 3 aromatic rings. The predicted octanol–water partition coefficient (Wildman–Crippen LogP) is 2.70. The maximum Gasteiger partial charge on any atom is 0.273 e. The number of amides is 1. The summed E-state index contributed by atoms with van der Waals surface area (Å²) in [5.41, 5.74) is 1.50. The van der Waals surface area contributed by atoms with Crippen molar-refractivity contribution in [3.63, 3.8) is 0 Å². The number of halogens is 2. The monoisotopic (exact) mass is 497 g/mol. The third-order valence-corrected chi connectivity index (χ3v) is 6.16. The van der Waals surface area contributed by atoms with Crippen LogP contribution in [0.3, 0.4) is 0 Å². The molecule has 0 bridgehead atoms. The van der Waals surface area contributed by atoms with Crippen LogP contribution in [0, 0.1) is 6.92 Å². The number of nitrogens with one attached hydrogen (secondary N) is 2. The highest BCUT2D eigenvalue weighted by Gasteiger charge is 2.18. The van der Waals surface area contributed by atoms with Gasteiger partial charge in [0.1, 0.15) is 0 Å². The van der Waals surface area contributed by atoms with Crippen LogP contribution in [0.15, 0.2) is 57.9 Å². The zero-order valence-corrected chi connectivity index (χ0v) is 18.4. The van der Waals surface area contributed by atoms with Gasteiger partial charge in [-0.15, -0.1) is 5.10 Å². The maximum absolute atomic E-state index is 12.4. The number of sulfonamides is 1. The second-order valence-electron chi connectivity index (χ2n) is 6.03. The van der Waals surface area contributed by atoms with Crippen molar-refractivity contribution in [1.82, 2.24) is 25.0 Å². The summed E-state index contributed by atoms with van der Waals surface area (Å²) in [7, 11) is -3.71. The Morgan fingerprint density at radius 3 is 2.66 bits per heavy atom. The summed E-state index contributed by atoms with van der Waals surface area (Å²) in [6, 6.07) is 13.4. The van der Waals surface area contributed by atoms with Crippen molar-refractivity contribution in [3.05, 3.63) is 69.4 Å². The van der Waals surface area contributed by atoms with Crippen LogP contribution in [0.5, 0.6) is 0 Å². The number of nitrogens with zero attached hydrogens (tertiary/aromatic N) is 3. The third-order valence-electron chi connectivity index (χ3n) is 3.97. The van der Waals surface area contributed by atoms with Crippen molar-refractivity contribution < 1.29 is 13.2 Å². The standard InChI is InChI=1S/C18H17BrClN5O3S/c1-12-17(23-24-25(12)15-6-2-4-13(19)10-15)18(26)21-8-9-22-29(27,28)16-7-3-5-14(20)11-16/h2-7,10-11,22H,8-9H2,1H3,(H,21,26). The van der Waals surface area contributed by atoms with E-state index < -0.39 is 15.9 Å². The summed E-state index contributed by atoms with van der Waals surface area (Å²) in [6.07, 6.45) is 0. The van der Waals surface area contributed by atoms with Gasteiger partial charge >= 0.3 is 0 Å². The topological polar surface area (TPSA) is 106 Å². The Balaban J connectivity index is 1.59. The molecule has 8 nitrogen and oxygen atoms in total. The number of benzene rings is 2. The molecule has 0 aliphatic carbocycles. The summed E-state index contributed by atoms with van der Waals surface area (Å²) < 4.78 is 29.3. The number of hydrogen-bond acceptors (Lipinski definition) is 5. The molecule has 2 aromatic carbocycles. The lowest BCUT2D eigenvalue weighted by molar-refractivity contribution is 0.0948.